The molecular formula is C9H5N4O. The molecule has 1 aliphatic heterocycles. The van der Waals surface area contributed by atoms with Crippen LogP contribution in [0.1, 0.15) is 5.76 Å². The van der Waals surface area contributed by atoms with E-state index in [2.05, 4.69) is 20.3 Å². The maximum Gasteiger partial charge on any atom is 0.198 e. The number of rotatable bonds is 1. The number of furan rings is 1. The molecule has 1 radical (unpaired) electrons. The van der Waals surface area contributed by atoms with Gasteiger partial charge in [-0.1, -0.05) is 0 Å². The number of amidine groups is 1. The van der Waals surface area contributed by atoms with Crippen molar-refractivity contribution in [3.8, 4) is 0 Å². The first-order chi connectivity index (χ1) is 6.93. The van der Waals surface area contributed by atoms with Gasteiger partial charge in [0.25, 0.3) is 0 Å². The van der Waals surface area contributed by atoms with Crippen LogP contribution in [0.3, 0.4) is 0 Å². The molecule has 0 unspecified atom stereocenters. The van der Waals surface area contributed by atoms with Gasteiger partial charge in [0.05, 0.1) is 12.5 Å². The lowest BCUT2D eigenvalue weighted by atomic mass is 10.4. The van der Waals surface area contributed by atoms with Crippen LogP contribution < -0.4 is 5.32 Å². The van der Waals surface area contributed by atoms with E-state index in [1.165, 1.54) is 6.33 Å². The third kappa shape index (κ3) is 0.990. The summed E-state index contributed by atoms with van der Waals surface area (Å²) < 4.78 is 5.18. The molecule has 0 bridgehead atoms. The summed E-state index contributed by atoms with van der Waals surface area (Å²) in [6.45, 7) is 0. The molecule has 1 aliphatic rings. The second-order valence-electron chi connectivity index (χ2n) is 2.76. The molecule has 0 saturated heterocycles. The molecule has 67 valence electrons. The Hall–Kier alpha value is -2.17. The van der Waals surface area contributed by atoms with Gasteiger partial charge in [0.15, 0.2) is 17.4 Å². The van der Waals surface area contributed by atoms with Crippen molar-refractivity contribution in [3.05, 3.63) is 36.7 Å². The zero-order chi connectivity index (χ0) is 9.38. The van der Waals surface area contributed by atoms with Gasteiger partial charge >= 0.3 is 0 Å². The van der Waals surface area contributed by atoms with Crippen molar-refractivity contribution in [3.63, 3.8) is 0 Å². The molecule has 14 heavy (non-hydrogen) atoms. The molecular weight excluding hydrogens is 180 g/mol. The van der Waals surface area contributed by atoms with E-state index in [1.54, 1.807) is 18.5 Å². The van der Waals surface area contributed by atoms with Crippen LogP contribution in [0.2, 0.25) is 0 Å². The van der Waals surface area contributed by atoms with Crippen molar-refractivity contribution < 1.29 is 4.42 Å². The van der Waals surface area contributed by atoms with Crippen LogP contribution in [0, 0.1) is 0 Å². The second-order valence-corrected chi connectivity index (χ2v) is 2.76. The molecule has 0 amide bonds. The Morgan fingerprint density at radius 2 is 2.29 bits per heavy atom. The minimum absolute atomic E-state index is 0.547. The summed E-state index contributed by atoms with van der Waals surface area (Å²) >= 11 is 0. The van der Waals surface area contributed by atoms with Crippen molar-refractivity contribution >= 4 is 17.3 Å². The SMILES string of the molecule is c1coc(C2=Nc3cncnc3[N]2)c1. The molecule has 3 rings (SSSR count). The highest BCUT2D eigenvalue weighted by atomic mass is 16.3. The fourth-order valence-corrected chi connectivity index (χ4v) is 1.24. The van der Waals surface area contributed by atoms with Gasteiger partial charge in [0.2, 0.25) is 0 Å². The van der Waals surface area contributed by atoms with Gasteiger partial charge in [-0.05, 0) is 12.1 Å². The number of aromatic nitrogens is 2. The van der Waals surface area contributed by atoms with Crippen molar-refractivity contribution in [2.75, 3.05) is 0 Å². The van der Waals surface area contributed by atoms with Crippen LogP contribution in [0.25, 0.3) is 0 Å². The molecule has 3 heterocycles. The van der Waals surface area contributed by atoms with E-state index in [-0.39, 0.29) is 0 Å². The Morgan fingerprint density at radius 3 is 3.07 bits per heavy atom. The summed E-state index contributed by atoms with van der Waals surface area (Å²) in [4.78, 5) is 12.1. The summed E-state index contributed by atoms with van der Waals surface area (Å²) in [6.07, 6.45) is 4.66. The topological polar surface area (TPSA) is 65.4 Å². The summed E-state index contributed by atoms with van der Waals surface area (Å²) in [7, 11) is 0. The average Bonchev–Trinajstić information content (AvgIpc) is 2.86. The van der Waals surface area contributed by atoms with Crippen LogP contribution in [0.5, 0.6) is 0 Å². The molecule has 0 N–H and O–H groups in total. The molecule has 0 fully saturated rings. The van der Waals surface area contributed by atoms with E-state index >= 15 is 0 Å². The van der Waals surface area contributed by atoms with E-state index in [1.807, 2.05) is 6.07 Å². The van der Waals surface area contributed by atoms with Gasteiger partial charge in [-0.3, -0.25) is 0 Å². The van der Waals surface area contributed by atoms with E-state index in [0.717, 1.165) is 0 Å². The van der Waals surface area contributed by atoms with Gasteiger partial charge in [-0.15, -0.1) is 0 Å². The lowest BCUT2D eigenvalue weighted by Gasteiger charge is -1.92. The molecule has 2 aromatic rings. The monoisotopic (exact) mass is 185 g/mol. The highest BCUT2D eigenvalue weighted by molar-refractivity contribution is 6.04. The summed E-state index contributed by atoms with van der Waals surface area (Å²) in [5.41, 5.74) is 0.680. The van der Waals surface area contributed by atoms with Gasteiger partial charge in [0.1, 0.15) is 12.0 Å². The van der Waals surface area contributed by atoms with Crippen LogP contribution in [0.4, 0.5) is 11.5 Å². The molecule has 0 spiro atoms. The smallest absolute Gasteiger partial charge is 0.198 e. The third-order valence-corrected chi connectivity index (χ3v) is 1.85. The Morgan fingerprint density at radius 1 is 1.29 bits per heavy atom. The lowest BCUT2D eigenvalue weighted by Crippen LogP contribution is -2.07. The average molecular weight is 185 g/mol. The summed E-state index contributed by atoms with van der Waals surface area (Å²) in [5, 5.41) is 4.20. The highest BCUT2D eigenvalue weighted by Crippen LogP contribution is 2.27. The van der Waals surface area contributed by atoms with Crippen molar-refractivity contribution in [1.82, 2.24) is 15.3 Å². The highest BCUT2D eigenvalue weighted by Gasteiger charge is 2.19. The van der Waals surface area contributed by atoms with E-state index in [4.69, 9.17) is 4.42 Å². The minimum Gasteiger partial charge on any atom is -0.461 e. The molecule has 2 aromatic heterocycles. The normalized spacial score (nSPS) is 13.3. The Labute approximate surface area is 79.5 Å². The molecule has 0 aliphatic carbocycles. The maximum absolute atomic E-state index is 5.18. The Balaban J connectivity index is 2.04. The second kappa shape index (κ2) is 2.66. The number of hydrogen-bond acceptors (Lipinski definition) is 4. The van der Waals surface area contributed by atoms with Crippen LogP contribution in [0.15, 0.2) is 40.3 Å². The summed E-state index contributed by atoms with van der Waals surface area (Å²) in [6, 6.07) is 3.60. The minimum atomic E-state index is 0.547. The quantitative estimate of drug-likeness (QED) is 0.674. The lowest BCUT2D eigenvalue weighted by molar-refractivity contribution is 0.555. The first-order valence-corrected chi connectivity index (χ1v) is 4.08. The first kappa shape index (κ1) is 7.25. The Kier molecular flexibility index (Phi) is 1.38. The fourth-order valence-electron chi connectivity index (χ4n) is 1.24. The number of fused-ring (bicyclic) bond motifs is 1. The standard InChI is InChI=1S/C9H5N4O/c1-2-7(14-3-1)9-12-6-4-10-5-11-8(6)13-9/h1-5H. The zero-order valence-corrected chi connectivity index (χ0v) is 7.08. The van der Waals surface area contributed by atoms with Crippen LogP contribution in [-0.2, 0) is 0 Å². The van der Waals surface area contributed by atoms with E-state index in [0.29, 0.717) is 23.1 Å². The number of nitrogens with zero attached hydrogens (tertiary/aromatic N) is 4. The maximum atomic E-state index is 5.18. The number of aliphatic imine (C=N–C) groups is 1. The first-order valence-electron chi connectivity index (χ1n) is 4.08. The largest absolute Gasteiger partial charge is 0.461 e. The third-order valence-electron chi connectivity index (χ3n) is 1.85. The van der Waals surface area contributed by atoms with Crippen LogP contribution >= 0.6 is 0 Å². The van der Waals surface area contributed by atoms with Crippen molar-refractivity contribution in [2.24, 2.45) is 4.99 Å². The van der Waals surface area contributed by atoms with Gasteiger partial charge in [0, 0.05) is 0 Å². The molecule has 5 heteroatoms. The van der Waals surface area contributed by atoms with Crippen molar-refractivity contribution in [2.45, 2.75) is 0 Å². The number of hydrogen-bond donors (Lipinski definition) is 0. The van der Waals surface area contributed by atoms with E-state index < -0.39 is 0 Å². The predicted octanol–water partition coefficient (Wildman–Crippen LogP) is 1.40. The van der Waals surface area contributed by atoms with Gasteiger partial charge < -0.3 is 4.42 Å². The molecule has 0 aromatic carbocycles. The fraction of sp³-hybridized carbons (Fsp3) is 0. The van der Waals surface area contributed by atoms with Gasteiger partial charge in [-0.25, -0.2) is 20.3 Å². The van der Waals surface area contributed by atoms with Crippen LogP contribution in [-0.4, -0.2) is 15.8 Å². The van der Waals surface area contributed by atoms with Gasteiger partial charge in [-0.2, -0.15) is 0 Å². The molecule has 0 atom stereocenters. The molecule has 0 saturated carbocycles. The van der Waals surface area contributed by atoms with E-state index in [9.17, 15) is 0 Å². The Bertz CT molecular complexity index is 489. The zero-order valence-electron chi connectivity index (χ0n) is 7.08. The predicted molar refractivity (Wildman–Crippen MR) is 48.7 cm³/mol. The van der Waals surface area contributed by atoms with Crippen molar-refractivity contribution in [1.29, 1.82) is 0 Å². The summed E-state index contributed by atoms with van der Waals surface area (Å²) in [5.74, 6) is 1.78. The molecule has 5 nitrogen and oxygen atoms in total.